The molecule has 1 aromatic carbocycles. The van der Waals surface area contributed by atoms with Crippen molar-refractivity contribution in [1.29, 1.82) is 0 Å². The summed E-state index contributed by atoms with van der Waals surface area (Å²) in [7, 11) is 0. The lowest BCUT2D eigenvalue weighted by Gasteiger charge is -2.34. The molecule has 2 aromatic heterocycles. The first-order valence-electron chi connectivity index (χ1n) is 9.14. The van der Waals surface area contributed by atoms with Crippen LogP contribution in [-0.4, -0.2) is 46.9 Å². The van der Waals surface area contributed by atoms with Crippen molar-refractivity contribution in [3.63, 3.8) is 0 Å². The molecule has 1 amide bonds. The molecule has 5 nitrogen and oxygen atoms in total. The predicted octanol–water partition coefficient (Wildman–Crippen LogP) is 3.82. The van der Waals surface area contributed by atoms with Crippen molar-refractivity contribution in [3.8, 4) is 10.4 Å². The molecular weight excluding hydrogens is 438 g/mol. The normalized spacial score (nSPS) is 15.0. The zero-order valence-corrected chi connectivity index (χ0v) is 17.6. The lowest BCUT2D eigenvalue weighted by molar-refractivity contribution is 0.0628. The van der Waals surface area contributed by atoms with E-state index in [2.05, 4.69) is 62.2 Å². The Bertz CT molecular complexity index is 1020. The number of aromatic nitrogens is 1. The summed E-state index contributed by atoms with van der Waals surface area (Å²) in [4.78, 5) is 33.7. The maximum absolute atomic E-state index is 12.6. The summed E-state index contributed by atoms with van der Waals surface area (Å²) >= 11 is 5.28. The number of thiophene rings is 1. The molecule has 3 heterocycles. The Morgan fingerprint density at radius 2 is 1.79 bits per heavy atom. The molecular formula is C21H20BrN3O2S. The fourth-order valence-electron chi connectivity index (χ4n) is 3.32. The smallest absolute Gasteiger partial charge is 0.260 e. The quantitative estimate of drug-likeness (QED) is 0.647. The lowest BCUT2D eigenvalue weighted by atomic mass is 10.2. The van der Waals surface area contributed by atoms with Gasteiger partial charge < -0.3 is 9.88 Å². The van der Waals surface area contributed by atoms with Gasteiger partial charge in [0.25, 0.3) is 11.5 Å². The van der Waals surface area contributed by atoms with E-state index in [-0.39, 0.29) is 17.0 Å². The molecule has 0 aliphatic carbocycles. The fourth-order valence-corrected chi connectivity index (χ4v) is 4.64. The summed E-state index contributed by atoms with van der Waals surface area (Å²) in [6, 6.07) is 16.0. The molecule has 28 heavy (non-hydrogen) atoms. The molecule has 0 atom stereocenters. The Morgan fingerprint density at radius 1 is 1.04 bits per heavy atom. The van der Waals surface area contributed by atoms with E-state index in [9.17, 15) is 9.59 Å². The summed E-state index contributed by atoms with van der Waals surface area (Å²) in [5.74, 6) is -0.185. The largest absolute Gasteiger partial charge is 0.336 e. The van der Waals surface area contributed by atoms with Crippen LogP contribution in [0.4, 0.5) is 0 Å². The highest BCUT2D eigenvalue weighted by Crippen LogP contribution is 2.30. The van der Waals surface area contributed by atoms with E-state index in [1.165, 1.54) is 15.3 Å². The van der Waals surface area contributed by atoms with Crippen molar-refractivity contribution in [3.05, 3.63) is 80.0 Å². The van der Waals surface area contributed by atoms with Gasteiger partial charge in [-0.2, -0.15) is 0 Å². The number of piperazine rings is 1. The molecule has 1 aliphatic rings. The highest BCUT2D eigenvalue weighted by atomic mass is 79.9. The number of H-pyrrole nitrogens is 1. The second kappa shape index (κ2) is 8.43. The second-order valence-electron chi connectivity index (χ2n) is 6.75. The molecule has 4 rings (SSSR count). The number of aromatic amines is 1. The van der Waals surface area contributed by atoms with Gasteiger partial charge in [-0.1, -0.05) is 28.1 Å². The number of nitrogens with zero attached hydrogens (tertiary/aromatic N) is 2. The van der Waals surface area contributed by atoms with E-state index < -0.39 is 0 Å². The third-order valence-electron chi connectivity index (χ3n) is 4.88. The van der Waals surface area contributed by atoms with Crippen molar-refractivity contribution in [2.24, 2.45) is 0 Å². The first-order chi connectivity index (χ1) is 13.6. The fraction of sp³-hybridized carbons (Fsp3) is 0.238. The standard InChI is InChI=1S/C21H20BrN3O2S/c22-16-5-3-15(4-6-16)19-8-7-17(28-19)14-24-10-12-25(13-11-24)21(27)18-2-1-9-23-20(18)26/h1-9H,10-14H2,(H,23,26). The summed E-state index contributed by atoms with van der Waals surface area (Å²) in [5.41, 5.74) is 1.12. The molecule has 144 valence electrons. The molecule has 1 N–H and O–H groups in total. The van der Waals surface area contributed by atoms with Crippen LogP contribution in [0.1, 0.15) is 15.2 Å². The number of amides is 1. The first kappa shape index (κ1) is 19.1. The summed E-state index contributed by atoms with van der Waals surface area (Å²) < 4.78 is 1.08. The minimum atomic E-state index is -0.325. The Morgan fingerprint density at radius 3 is 2.50 bits per heavy atom. The topological polar surface area (TPSA) is 56.4 Å². The van der Waals surface area contributed by atoms with Gasteiger partial charge in [0.15, 0.2) is 0 Å². The number of pyridine rings is 1. The van der Waals surface area contributed by atoms with E-state index in [4.69, 9.17) is 0 Å². The molecule has 0 spiro atoms. The average molecular weight is 458 g/mol. The van der Waals surface area contributed by atoms with Crippen LogP contribution in [0.5, 0.6) is 0 Å². The van der Waals surface area contributed by atoms with Gasteiger partial charge in [-0.25, -0.2) is 0 Å². The van der Waals surface area contributed by atoms with Gasteiger partial charge in [0, 0.05) is 53.1 Å². The van der Waals surface area contributed by atoms with Crippen LogP contribution in [0.25, 0.3) is 10.4 Å². The van der Waals surface area contributed by atoms with Crippen LogP contribution in [0.3, 0.4) is 0 Å². The van der Waals surface area contributed by atoms with Gasteiger partial charge in [0.05, 0.1) is 0 Å². The van der Waals surface area contributed by atoms with Gasteiger partial charge in [-0.15, -0.1) is 11.3 Å². The number of carbonyl (C=O) groups excluding carboxylic acids is 1. The Hall–Kier alpha value is -2.22. The summed E-state index contributed by atoms with van der Waals surface area (Å²) in [6.45, 7) is 3.77. The zero-order valence-electron chi connectivity index (χ0n) is 15.2. The maximum Gasteiger partial charge on any atom is 0.260 e. The minimum Gasteiger partial charge on any atom is -0.336 e. The van der Waals surface area contributed by atoms with Crippen molar-refractivity contribution in [2.75, 3.05) is 26.2 Å². The Balaban J connectivity index is 1.35. The van der Waals surface area contributed by atoms with Gasteiger partial charge in [-0.3, -0.25) is 14.5 Å². The predicted molar refractivity (Wildman–Crippen MR) is 116 cm³/mol. The highest BCUT2D eigenvalue weighted by molar-refractivity contribution is 9.10. The number of hydrogen-bond donors (Lipinski definition) is 1. The number of nitrogens with one attached hydrogen (secondary N) is 1. The monoisotopic (exact) mass is 457 g/mol. The zero-order chi connectivity index (χ0) is 19.5. The van der Waals surface area contributed by atoms with Crippen molar-refractivity contribution < 1.29 is 4.79 Å². The number of halogens is 1. The van der Waals surface area contributed by atoms with E-state index in [1.54, 1.807) is 23.2 Å². The number of hydrogen-bond acceptors (Lipinski definition) is 4. The molecule has 0 bridgehead atoms. The van der Waals surface area contributed by atoms with Crippen LogP contribution in [0, 0.1) is 0 Å². The molecule has 1 aliphatic heterocycles. The van der Waals surface area contributed by atoms with Crippen molar-refractivity contribution >= 4 is 33.2 Å². The van der Waals surface area contributed by atoms with E-state index >= 15 is 0 Å². The summed E-state index contributed by atoms with van der Waals surface area (Å²) in [6.07, 6.45) is 1.54. The van der Waals surface area contributed by atoms with E-state index in [1.807, 2.05) is 11.3 Å². The van der Waals surface area contributed by atoms with Crippen LogP contribution < -0.4 is 5.56 Å². The highest BCUT2D eigenvalue weighted by Gasteiger charge is 2.23. The van der Waals surface area contributed by atoms with Gasteiger partial charge in [0.1, 0.15) is 5.56 Å². The van der Waals surface area contributed by atoms with Gasteiger partial charge in [0.2, 0.25) is 0 Å². The molecule has 0 saturated carbocycles. The molecule has 0 unspecified atom stereocenters. The number of carbonyl (C=O) groups is 1. The number of rotatable bonds is 4. The van der Waals surface area contributed by atoms with Crippen LogP contribution in [-0.2, 0) is 6.54 Å². The molecule has 7 heteroatoms. The summed E-state index contributed by atoms with van der Waals surface area (Å²) in [5, 5.41) is 0. The SMILES string of the molecule is O=C(c1ccc[nH]c1=O)N1CCN(Cc2ccc(-c3ccc(Br)cc3)s2)CC1. The van der Waals surface area contributed by atoms with Gasteiger partial charge in [-0.05, 0) is 42.0 Å². The maximum atomic E-state index is 12.6. The second-order valence-corrected chi connectivity index (χ2v) is 8.84. The van der Waals surface area contributed by atoms with Crippen molar-refractivity contribution in [2.45, 2.75) is 6.54 Å². The van der Waals surface area contributed by atoms with Crippen LogP contribution in [0.2, 0.25) is 0 Å². The molecule has 1 fully saturated rings. The average Bonchev–Trinajstić information content (AvgIpc) is 3.17. The molecule has 1 saturated heterocycles. The van der Waals surface area contributed by atoms with E-state index in [0.29, 0.717) is 13.1 Å². The van der Waals surface area contributed by atoms with Crippen LogP contribution in [0.15, 0.2) is 64.0 Å². The Labute approximate surface area is 175 Å². The van der Waals surface area contributed by atoms with Crippen molar-refractivity contribution in [1.82, 2.24) is 14.8 Å². The third kappa shape index (κ3) is 4.27. The van der Waals surface area contributed by atoms with E-state index in [0.717, 1.165) is 24.1 Å². The molecule has 0 radical (unpaired) electrons. The van der Waals surface area contributed by atoms with Crippen LogP contribution >= 0.6 is 27.3 Å². The first-order valence-corrected chi connectivity index (χ1v) is 10.7. The Kier molecular flexibility index (Phi) is 5.75. The molecule has 3 aromatic rings. The van der Waals surface area contributed by atoms with Gasteiger partial charge >= 0.3 is 0 Å². The third-order valence-corrected chi connectivity index (χ3v) is 6.53. The lowest BCUT2D eigenvalue weighted by Crippen LogP contribution is -2.49. The minimum absolute atomic E-state index is 0.185. The number of benzene rings is 1.